The van der Waals surface area contributed by atoms with E-state index < -0.39 is 11.7 Å². The summed E-state index contributed by atoms with van der Waals surface area (Å²) in [4.78, 5) is 39.0. The van der Waals surface area contributed by atoms with E-state index in [1.807, 2.05) is 7.05 Å². The number of aromatic nitrogens is 1. The van der Waals surface area contributed by atoms with Crippen molar-refractivity contribution in [3.63, 3.8) is 0 Å². The highest BCUT2D eigenvalue weighted by atomic mass is 19.1. The molecule has 3 rings (SSSR count). The van der Waals surface area contributed by atoms with Gasteiger partial charge in [0.1, 0.15) is 12.4 Å². The molecular weight excluding hydrogens is 375 g/mol. The molecule has 0 bridgehead atoms. The monoisotopic (exact) mass is 400 g/mol. The molecule has 2 heterocycles. The Kier molecular flexibility index (Phi) is 6.77. The van der Waals surface area contributed by atoms with Gasteiger partial charge in [-0.3, -0.25) is 14.4 Å². The van der Waals surface area contributed by atoms with Crippen LogP contribution in [0.5, 0.6) is 0 Å². The van der Waals surface area contributed by atoms with Crippen molar-refractivity contribution in [2.75, 3.05) is 25.5 Å². The summed E-state index contributed by atoms with van der Waals surface area (Å²) >= 11 is 0. The lowest BCUT2D eigenvalue weighted by molar-refractivity contribution is -0.122. The number of likely N-dealkylation sites (N-methyl/N-ethyl adjacent to an activating group) is 1. The zero-order chi connectivity index (χ0) is 20.8. The number of nitrogens with zero attached hydrogens (tertiary/aromatic N) is 2. The molecule has 1 fully saturated rings. The van der Waals surface area contributed by atoms with Gasteiger partial charge >= 0.3 is 0 Å². The minimum Gasteiger partial charge on any atom is -0.353 e. The van der Waals surface area contributed by atoms with Crippen molar-refractivity contribution >= 4 is 17.5 Å². The molecular formula is C21H25FN4O3. The average Bonchev–Trinajstić information content (AvgIpc) is 2.70. The largest absolute Gasteiger partial charge is 0.353 e. The third kappa shape index (κ3) is 5.74. The van der Waals surface area contributed by atoms with Crippen LogP contribution >= 0.6 is 0 Å². The Hall–Kier alpha value is -3.00. The van der Waals surface area contributed by atoms with Gasteiger partial charge in [-0.05, 0) is 56.8 Å². The summed E-state index contributed by atoms with van der Waals surface area (Å²) in [5.74, 6) is -1.13. The summed E-state index contributed by atoms with van der Waals surface area (Å²) in [5, 5.41) is 5.51. The van der Waals surface area contributed by atoms with Gasteiger partial charge in [-0.25, -0.2) is 4.39 Å². The number of anilines is 1. The van der Waals surface area contributed by atoms with Crippen LogP contribution in [0.4, 0.5) is 10.1 Å². The fourth-order valence-electron chi connectivity index (χ4n) is 3.37. The van der Waals surface area contributed by atoms with Gasteiger partial charge in [0.05, 0.1) is 5.56 Å². The lowest BCUT2D eigenvalue weighted by Gasteiger charge is -2.32. The van der Waals surface area contributed by atoms with Gasteiger partial charge < -0.3 is 20.1 Å². The summed E-state index contributed by atoms with van der Waals surface area (Å²) in [6.07, 6.45) is 4.71. The predicted octanol–water partition coefficient (Wildman–Crippen LogP) is 1.84. The fourth-order valence-corrected chi connectivity index (χ4v) is 3.37. The molecule has 154 valence electrons. The fraction of sp³-hybridized carbons (Fsp3) is 0.381. The summed E-state index contributed by atoms with van der Waals surface area (Å²) in [7, 11) is 2.05. The molecule has 29 heavy (non-hydrogen) atoms. The highest BCUT2D eigenvalue weighted by Crippen LogP contribution is 2.14. The molecule has 0 unspecified atom stereocenters. The lowest BCUT2D eigenvalue weighted by Crippen LogP contribution is -2.45. The van der Waals surface area contributed by atoms with E-state index in [1.165, 1.54) is 53.6 Å². The molecule has 2 aromatic rings. The van der Waals surface area contributed by atoms with E-state index in [9.17, 15) is 18.8 Å². The number of halogens is 1. The number of amides is 2. The third-order valence-corrected chi connectivity index (χ3v) is 5.12. The molecule has 1 aromatic carbocycles. The molecule has 1 aliphatic heterocycles. The first-order valence-electron chi connectivity index (χ1n) is 9.67. The van der Waals surface area contributed by atoms with Crippen molar-refractivity contribution < 1.29 is 14.0 Å². The van der Waals surface area contributed by atoms with Crippen molar-refractivity contribution in [1.29, 1.82) is 0 Å². The van der Waals surface area contributed by atoms with E-state index in [4.69, 9.17) is 0 Å². The highest BCUT2D eigenvalue weighted by molar-refractivity contribution is 6.04. The first-order chi connectivity index (χ1) is 13.9. The zero-order valence-corrected chi connectivity index (χ0v) is 16.4. The number of hydrogen-bond acceptors (Lipinski definition) is 4. The Morgan fingerprint density at radius 1 is 1.14 bits per heavy atom. The number of rotatable bonds is 6. The minimum absolute atomic E-state index is 0.160. The number of pyridine rings is 1. The predicted molar refractivity (Wildman–Crippen MR) is 108 cm³/mol. The van der Waals surface area contributed by atoms with Crippen molar-refractivity contribution in [3.05, 3.63) is 64.3 Å². The minimum atomic E-state index is -0.449. The molecule has 0 radical (unpaired) electrons. The van der Waals surface area contributed by atoms with Gasteiger partial charge in [-0.15, -0.1) is 0 Å². The van der Waals surface area contributed by atoms with Crippen LogP contribution in [0.1, 0.15) is 29.6 Å². The number of piperidine rings is 1. The lowest BCUT2D eigenvalue weighted by atomic mass is 10.0. The molecule has 2 amide bonds. The van der Waals surface area contributed by atoms with Crippen LogP contribution in [0, 0.1) is 5.82 Å². The van der Waals surface area contributed by atoms with Crippen LogP contribution in [0.3, 0.4) is 0 Å². The molecule has 7 nitrogen and oxygen atoms in total. The van der Waals surface area contributed by atoms with Crippen LogP contribution in [-0.4, -0.2) is 47.5 Å². The van der Waals surface area contributed by atoms with Crippen molar-refractivity contribution in [1.82, 2.24) is 14.8 Å². The average molecular weight is 400 g/mol. The van der Waals surface area contributed by atoms with E-state index in [-0.39, 0.29) is 23.6 Å². The third-order valence-electron chi connectivity index (χ3n) is 5.12. The zero-order valence-electron chi connectivity index (χ0n) is 16.4. The molecule has 0 spiro atoms. The second-order valence-corrected chi connectivity index (χ2v) is 7.28. The van der Waals surface area contributed by atoms with E-state index in [0.717, 1.165) is 19.4 Å². The Labute approximate surface area is 168 Å². The first-order valence-corrected chi connectivity index (χ1v) is 9.67. The summed E-state index contributed by atoms with van der Waals surface area (Å²) in [6, 6.07) is 8.32. The smallest absolute Gasteiger partial charge is 0.257 e. The van der Waals surface area contributed by atoms with Crippen molar-refractivity contribution in [2.24, 2.45) is 0 Å². The molecule has 0 aliphatic carbocycles. The maximum atomic E-state index is 13.0. The molecule has 0 saturated carbocycles. The van der Waals surface area contributed by atoms with Gasteiger partial charge in [-0.2, -0.15) is 0 Å². The molecule has 1 saturated heterocycles. The number of benzene rings is 1. The molecule has 2 N–H and O–H groups in total. The van der Waals surface area contributed by atoms with E-state index in [2.05, 4.69) is 15.5 Å². The Morgan fingerprint density at radius 3 is 2.62 bits per heavy atom. The second-order valence-electron chi connectivity index (χ2n) is 7.28. The van der Waals surface area contributed by atoms with Gasteiger partial charge in [0.15, 0.2) is 0 Å². The topological polar surface area (TPSA) is 83.4 Å². The van der Waals surface area contributed by atoms with E-state index >= 15 is 0 Å². The van der Waals surface area contributed by atoms with Crippen LogP contribution in [0.2, 0.25) is 0 Å². The summed E-state index contributed by atoms with van der Waals surface area (Å²) in [5.41, 5.74) is 0.297. The van der Waals surface area contributed by atoms with E-state index in [0.29, 0.717) is 18.3 Å². The summed E-state index contributed by atoms with van der Waals surface area (Å²) in [6.45, 7) is 1.40. The summed E-state index contributed by atoms with van der Waals surface area (Å²) < 4.78 is 14.2. The Bertz CT molecular complexity index is 926. The van der Waals surface area contributed by atoms with Crippen LogP contribution in [-0.2, 0) is 11.3 Å². The SMILES string of the molecule is CN1CCCC[C@@H]1CNC(=O)Cn1cc(C(=O)Nc2ccc(F)cc2)ccc1=O. The standard InChI is InChI=1S/C21H25FN4O3/c1-25-11-3-2-4-18(25)12-23-19(27)14-26-13-15(5-10-20(26)28)21(29)24-17-8-6-16(22)7-9-17/h5-10,13,18H,2-4,11-12,14H2,1H3,(H,23,27)(H,24,29)/t18-/m1/s1. The maximum Gasteiger partial charge on any atom is 0.257 e. The normalized spacial score (nSPS) is 17.0. The molecule has 1 atom stereocenters. The maximum absolute atomic E-state index is 13.0. The van der Waals surface area contributed by atoms with Gasteiger partial charge in [0, 0.05) is 30.5 Å². The second kappa shape index (κ2) is 9.47. The molecule has 1 aromatic heterocycles. The molecule has 8 heteroatoms. The first kappa shape index (κ1) is 20.7. The number of likely N-dealkylation sites (tertiary alicyclic amines) is 1. The molecule has 1 aliphatic rings. The Morgan fingerprint density at radius 2 is 1.90 bits per heavy atom. The number of carbonyl (C=O) groups is 2. The van der Waals surface area contributed by atoms with E-state index in [1.54, 1.807) is 0 Å². The number of carbonyl (C=O) groups excluding carboxylic acids is 2. The number of nitrogens with one attached hydrogen (secondary N) is 2. The Balaban J connectivity index is 1.60. The van der Waals surface area contributed by atoms with Crippen LogP contribution in [0.15, 0.2) is 47.4 Å². The van der Waals surface area contributed by atoms with Gasteiger partial charge in [0.25, 0.3) is 11.5 Å². The highest BCUT2D eigenvalue weighted by Gasteiger charge is 2.19. The van der Waals surface area contributed by atoms with Gasteiger partial charge in [0.2, 0.25) is 5.91 Å². The van der Waals surface area contributed by atoms with Crippen LogP contribution < -0.4 is 16.2 Å². The quantitative estimate of drug-likeness (QED) is 0.775. The van der Waals surface area contributed by atoms with Crippen LogP contribution in [0.25, 0.3) is 0 Å². The van der Waals surface area contributed by atoms with Crippen molar-refractivity contribution in [2.45, 2.75) is 31.8 Å². The van der Waals surface area contributed by atoms with Gasteiger partial charge in [-0.1, -0.05) is 6.42 Å². The number of hydrogen-bond donors (Lipinski definition) is 2. The van der Waals surface area contributed by atoms with Crippen molar-refractivity contribution in [3.8, 4) is 0 Å².